The van der Waals surface area contributed by atoms with Crippen molar-refractivity contribution in [2.75, 3.05) is 13.1 Å². The maximum Gasteiger partial charge on any atom is 0.100 e. The summed E-state index contributed by atoms with van der Waals surface area (Å²) < 4.78 is 0. The topological polar surface area (TPSA) is 6.48 Å². The van der Waals surface area contributed by atoms with E-state index in [0.29, 0.717) is 6.17 Å². The lowest BCUT2D eigenvalue weighted by Crippen LogP contribution is -2.38. The molecule has 0 saturated heterocycles. The van der Waals surface area contributed by atoms with Crippen molar-refractivity contribution in [2.45, 2.75) is 200 Å². The van der Waals surface area contributed by atoms with Gasteiger partial charge in [-0.3, -0.25) is 0 Å². The number of rotatable bonds is 29. The van der Waals surface area contributed by atoms with E-state index in [9.17, 15) is 0 Å². The second-order valence-electron chi connectivity index (χ2n) is 12.1. The maximum atomic E-state index is 2.63. The molecule has 1 atom stereocenters. The fourth-order valence-electron chi connectivity index (χ4n) is 6.10. The Kier molecular flexibility index (Phi) is 25.0. The highest BCUT2D eigenvalue weighted by atomic mass is 15.4. The van der Waals surface area contributed by atoms with E-state index in [0.717, 1.165) is 0 Å². The maximum absolute atomic E-state index is 2.63. The Morgan fingerprint density at radius 3 is 0.838 bits per heavy atom. The first kappa shape index (κ1) is 34.4. The summed E-state index contributed by atoms with van der Waals surface area (Å²) in [6.07, 6.45) is 44.1. The van der Waals surface area contributed by atoms with Crippen molar-refractivity contribution in [2.24, 2.45) is 0 Å². The van der Waals surface area contributed by atoms with Gasteiger partial charge in [-0.25, -0.2) is 0 Å². The summed E-state index contributed by atoms with van der Waals surface area (Å²) >= 11 is 0. The summed E-state index contributed by atoms with van der Waals surface area (Å²) in [5.74, 6) is 0. The third-order valence-corrected chi connectivity index (χ3v) is 8.62. The average Bonchev–Trinajstić information content (AvgIpc) is 3.31. The molecule has 0 amide bonds. The molecule has 1 aliphatic rings. The molecule has 0 bridgehead atoms. The summed E-state index contributed by atoms with van der Waals surface area (Å²) in [7, 11) is 0. The van der Waals surface area contributed by atoms with Gasteiger partial charge in [0.2, 0.25) is 0 Å². The van der Waals surface area contributed by atoms with Crippen molar-refractivity contribution < 1.29 is 0 Å². The molecule has 0 saturated carbocycles. The molecule has 1 unspecified atom stereocenters. The van der Waals surface area contributed by atoms with Crippen molar-refractivity contribution in [1.82, 2.24) is 9.80 Å². The van der Waals surface area contributed by atoms with Crippen LogP contribution in [-0.4, -0.2) is 29.1 Å². The summed E-state index contributed by atoms with van der Waals surface area (Å²) in [6.45, 7) is 9.48. The van der Waals surface area contributed by atoms with E-state index in [1.54, 1.807) is 0 Å². The molecule has 2 nitrogen and oxygen atoms in total. The minimum Gasteiger partial charge on any atom is -0.356 e. The fraction of sp³-hybridized carbons (Fsp3) is 0.943. The number of hydrogen-bond donors (Lipinski definition) is 0. The van der Waals surface area contributed by atoms with Gasteiger partial charge in [-0.1, -0.05) is 175 Å². The molecule has 0 aromatic heterocycles. The second-order valence-corrected chi connectivity index (χ2v) is 12.1. The Balaban J connectivity index is 1.89. The summed E-state index contributed by atoms with van der Waals surface area (Å²) in [5.41, 5.74) is 0. The SMILES string of the molecule is CCCCCCCCCCCCCCCCCCN1C=CN(CCCCCCCCCCCC)C1CC. The predicted octanol–water partition coefficient (Wildman–Crippen LogP) is 12.0. The van der Waals surface area contributed by atoms with E-state index in [-0.39, 0.29) is 0 Å². The van der Waals surface area contributed by atoms with E-state index < -0.39 is 0 Å². The molecule has 2 heteroatoms. The van der Waals surface area contributed by atoms with Gasteiger partial charge in [0.1, 0.15) is 6.17 Å². The quantitative estimate of drug-likeness (QED) is 0.0908. The van der Waals surface area contributed by atoms with E-state index in [1.807, 2.05) is 0 Å². The van der Waals surface area contributed by atoms with Crippen molar-refractivity contribution in [3.05, 3.63) is 12.4 Å². The third-order valence-electron chi connectivity index (χ3n) is 8.62. The Hall–Kier alpha value is -0.660. The molecule has 0 N–H and O–H groups in total. The lowest BCUT2D eigenvalue weighted by Gasteiger charge is -2.32. The van der Waals surface area contributed by atoms with Gasteiger partial charge in [0.15, 0.2) is 0 Å². The first-order chi connectivity index (χ1) is 18.3. The van der Waals surface area contributed by atoms with Crippen LogP contribution < -0.4 is 0 Å². The Morgan fingerprint density at radius 1 is 0.351 bits per heavy atom. The highest BCUT2D eigenvalue weighted by molar-refractivity contribution is 4.96. The highest BCUT2D eigenvalue weighted by Crippen LogP contribution is 2.21. The van der Waals surface area contributed by atoms with E-state index in [4.69, 9.17) is 0 Å². The van der Waals surface area contributed by atoms with Crippen LogP contribution in [0.3, 0.4) is 0 Å². The van der Waals surface area contributed by atoms with Gasteiger partial charge in [-0.2, -0.15) is 0 Å². The van der Waals surface area contributed by atoms with Gasteiger partial charge in [0.25, 0.3) is 0 Å². The zero-order chi connectivity index (χ0) is 26.7. The highest BCUT2D eigenvalue weighted by Gasteiger charge is 2.23. The summed E-state index contributed by atoms with van der Waals surface area (Å²) in [4.78, 5) is 5.25. The first-order valence-corrected chi connectivity index (χ1v) is 17.5. The minimum atomic E-state index is 0.620. The molecule has 0 fully saturated rings. The lowest BCUT2D eigenvalue weighted by atomic mass is 10.0. The van der Waals surface area contributed by atoms with Crippen molar-refractivity contribution in [3.63, 3.8) is 0 Å². The Bertz CT molecular complexity index is 474. The van der Waals surface area contributed by atoms with Crippen LogP contribution in [0.2, 0.25) is 0 Å². The van der Waals surface area contributed by atoms with Gasteiger partial charge in [-0.05, 0) is 19.3 Å². The monoisotopic (exact) mass is 519 g/mol. The zero-order valence-electron chi connectivity index (χ0n) is 26.1. The number of hydrogen-bond acceptors (Lipinski definition) is 2. The predicted molar refractivity (Wildman–Crippen MR) is 168 cm³/mol. The Labute approximate surface area is 235 Å². The molecule has 220 valence electrons. The van der Waals surface area contributed by atoms with Crippen molar-refractivity contribution >= 4 is 0 Å². The molecule has 1 aliphatic heterocycles. The number of unbranched alkanes of at least 4 members (excludes halogenated alkanes) is 24. The van der Waals surface area contributed by atoms with Gasteiger partial charge in [0.05, 0.1) is 0 Å². The normalized spacial score (nSPS) is 15.4. The molecule has 1 heterocycles. The van der Waals surface area contributed by atoms with Crippen LogP contribution in [0.25, 0.3) is 0 Å². The molecule has 0 spiro atoms. The molecule has 1 rings (SSSR count). The van der Waals surface area contributed by atoms with Crippen molar-refractivity contribution in [1.29, 1.82) is 0 Å². The molecular weight excluding hydrogens is 448 g/mol. The molecule has 0 aromatic rings. The Morgan fingerprint density at radius 2 is 0.595 bits per heavy atom. The van der Waals surface area contributed by atoms with Crippen LogP contribution in [0, 0.1) is 0 Å². The second kappa shape index (κ2) is 26.9. The van der Waals surface area contributed by atoms with E-state index in [1.165, 1.54) is 186 Å². The van der Waals surface area contributed by atoms with Crippen LogP contribution >= 0.6 is 0 Å². The van der Waals surface area contributed by atoms with Crippen LogP contribution in [-0.2, 0) is 0 Å². The smallest absolute Gasteiger partial charge is 0.100 e. The first-order valence-electron chi connectivity index (χ1n) is 17.5. The van der Waals surface area contributed by atoms with Crippen LogP contribution in [0.4, 0.5) is 0 Å². The lowest BCUT2D eigenvalue weighted by molar-refractivity contribution is 0.144. The third kappa shape index (κ3) is 20.0. The van der Waals surface area contributed by atoms with Crippen LogP contribution in [0.1, 0.15) is 194 Å². The van der Waals surface area contributed by atoms with Gasteiger partial charge in [0, 0.05) is 25.5 Å². The summed E-state index contributed by atoms with van der Waals surface area (Å²) in [6, 6.07) is 0. The standard InChI is InChI=1S/C35H70N2/c1-4-7-9-11-13-15-17-18-19-20-21-22-24-26-28-30-32-37-34-33-36(35(37)6-3)31-29-27-25-23-16-14-12-10-8-5-2/h33-35H,4-32H2,1-3H3. The van der Waals surface area contributed by atoms with E-state index >= 15 is 0 Å². The van der Waals surface area contributed by atoms with Gasteiger partial charge >= 0.3 is 0 Å². The average molecular weight is 519 g/mol. The molecular formula is C35H70N2. The van der Waals surface area contributed by atoms with E-state index in [2.05, 4.69) is 43.0 Å². The molecule has 0 radical (unpaired) electrons. The fourth-order valence-corrected chi connectivity index (χ4v) is 6.10. The van der Waals surface area contributed by atoms with Crippen molar-refractivity contribution in [3.8, 4) is 0 Å². The van der Waals surface area contributed by atoms with Gasteiger partial charge < -0.3 is 9.80 Å². The zero-order valence-corrected chi connectivity index (χ0v) is 26.1. The van der Waals surface area contributed by atoms with Crippen LogP contribution in [0.15, 0.2) is 12.4 Å². The molecule has 37 heavy (non-hydrogen) atoms. The summed E-state index contributed by atoms with van der Waals surface area (Å²) in [5, 5.41) is 0. The minimum absolute atomic E-state index is 0.620. The van der Waals surface area contributed by atoms with Gasteiger partial charge in [-0.15, -0.1) is 0 Å². The largest absolute Gasteiger partial charge is 0.356 e. The number of nitrogens with zero attached hydrogens (tertiary/aromatic N) is 2. The van der Waals surface area contributed by atoms with Crippen LogP contribution in [0.5, 0.6) is 0 Å². The molecule has 0 aliphatic carbocycles. The molecule has 0 aromatic carbocycles.